The summed E-state index contributed by atoms with van der Waals surface area (Å²) in [5.74, 6) is -0.503. The molecule has 0 aliphatic carbocycles. The van der Waals surface area contributed by atoms with Crippen molar-refractivity contribution in [2.75, 3.05) is 5.32 Å². The van der Waals surface area contributed by atoms with Gasteiger partial charge in [0, 0.05) is 15.7 Å². The van der Waals surface area contributed by atoms with Gasteiger partial charge in [-0.15, -0.1) is 0 Å². The van der Waals surface area contributed by atoms with Gasteiger partial charge in [0.1, 0.15) is 11.6 Å². The smallest absolute Gasteiger partial charge is 0.266 e. The van der Waals surface area contributed by atoms with E-state index in [0.29, 0.717) is 22.2 Å². The average Bonchev–Trinajstić information content (AvgIpc) is 2.67. The Morgan fingerprint density at radius 3 is 2.37 bits per heavy atom. The molecular weight excluding hydrogens is 415 g/mol. The zero-order chi connectivity index (χ0) is 21.7. The van der Waals surface area contributed by atoms with Crippen molar-refractivity contribution in [2.24, 2.45) is 0 Å². The van der Waals surface area contributed by atoms with Crippen LogP contribution in [0.15, 0.2) is 66.2 Å². The van der Waals surface area contributed by atoms with E-state index in [2.05, 4.69) is 37.4 Å². The highest BCUT2D eigenvalue weighted by Crippen LogP contribution is 2.23. The number of anilines is 1. The van der Waals surface area contributed by atoms with Crippen LogP contribution in [0.3, 0.4) is 0 Å². The Labute approximate surface area is 186 Å². The molecule has 30 heavy (non-hydrogen) atoms. The molecule has 3 nitrogen and oxygen atoms in total. The maximum absolute atomic E-state index is 12.6. The molecule has 0 atom stereocenters. The first-order chi connectivity index (χ1) is 14.3. The molecule has 0 fully saturated rings. The molecule has 0 saturated carbocycles. The van der Waals surface area contributed by atoms with Gasteiger partial charge >= 0.3 is 0 Å². The number of nitrogens with zero attached hydrogens (tertiary/aromatic N) is 1. The number of benzene rings is 3. The van der Waals surface area contributed by atoms with Crippen LogP contribution >= 0.6 is 23.2 Å². The minimum Gasteiger partial charge on any atom is -0.321 e. The van der Waals surface area contributed by atoms with E-state index in [1.807, 2.05) is 18.2 Å². The summed E-state index contributed by atoms with van der Waals surface area (Å²) in [6.07, 6.45) is 2.24. The molecule has 0 aromatic heterocycles. The molecule has 0 unspecified atom stereocenters. The Balaban J connectivity index is 1.92. The van der Waals surface area contributed by atoms with Crippen molar-refractivity contribution < 1.29 is 4.79 Å². The Morgan fingerprint density at radius 1 is 1.00 bits per heavy atom. The van der Waals surface area contributed by atoms with Crippen molar-refractivity contribution in [1.82, 2.24) is 0 Å². The largest absolute Gasteiger partial charge is 0.321 e. The number of carbonyl (C=O) groups excluding carboxylic acids is 1. The quantitative estimate of drug-likeness (QED) is 0.356. The van der Waals surface area contributed by atoms with Crippen LogP contribution in [0.5, 0.6) is 0 Å². The van der Waals surface area contributed by atoms with Crippen LogP contribution in [-0.4, -0.2) is 5.91 Å². The Bertz CT molecular complexity index is 1160. The van der Waals surface area contributed by atoms with Crippen molar-refractivity contribution >= 4 is 40.9 Å². The molecule has 1 amide bonds. The zero-order valence-corrected chi connectivity index (χ0v) is 18.2. The zero-order valence-electron chi connectivity index (χ0n) is 16.7. The van der Waals surface area contributed by atoms with Gasteiger partial charge in [-0.2, -0.15) is 5.26 Å². The van der Waals surface area contributed by atoms with Gasteiger partial charge in [0.15, 0.2) is 0 Å². The maximum Gasteiger partial charge on any atom is 0.266 e. The number of aryl methyl sites for hydroxylation is 2. The maximum atomic E-state index is 12.6. The third-order valence-electron chi connectivity index (χ3n) is 4.53. The third kappa shape index (κ3) is 5.73. The second kappa shape index (κ2) is 9.63. The second-order valence-corrected chi connectivity index (χ2v) is 8.02. The summed E-state index contributed by atoms with van der Waals surface area (Å²) in [7, 11) is 0. The molecule has 0 radical (unpaired) electrons. The first-order valence-electron chi connectivity index (χ1n) is 9.38. The number of nitrogens with one attached hydrogen (secondary N) is 1. The predicted octanol–water partition coefficient (Wildman–Crippen LogP) is 6.75. The van der Waals surface area contributed by atoms with Crippen LogP contribution in [0.2, 0.25) is 10.0 Å². The number of nitriles is 1. The molecule has 3 aromatic rings. The number of hydrogen-bond donors (Lipinski definition) is 1. The van der Waals surface area contributed by atoms with E-state index >= 15 is 0 Å². The lowest BCUT2D eigenvalue weighted by molar-refractivity contribution is -0.112. The monoisotopic (exact) mass is 434 g/mol. The molecule has 0 bridgehead atoms. The van der Waals surface area contributed by atoms with Gasteiger partial charge in [-0.3, -0.25) is 4.79 Å². The van der Waals surface area contributed by atoms with Crippen molar-refractivity contribution in [2.45, 2.75) is 20.3 Å². The van der Waals surface area contributed by atoms with E-state index < -0.39 is 5.91 Å². The SMILES string of the molecule is Cc1cc(C)cc(Cc2ccc(Cl)cc2/C=C(\C#N)C(=O)Nc2cccc(Cl)c2)c1. The van der Waals surface area contributed by atoms with Crippen LogP contribution in [0.25, 0.3) is 6.08 Å². The molecule has 5 heteroatoms. The van der Waals surface area contributed by atoms with Crippen molar-refractivity contribution in [3.05, 3.63) is 104 Å². The molecule has 0 saturated heterocycles. The summed E-state index contributed by atoms with van der Waals surface area (Å²) in [6.45, 7) is 4.13. The van der Waals surface area contributed by atoms with Gasteiger partial charge < -0.3 is 5.32 Å². The van der Waals surface area contributed by atoms with Gasteiger partial charge in [-0.05, 0) is 73.4 Å². The van der Waals surface area contributed by atoms with E-state index in [1.54, 1.807) is 36.4 Å². The van der Waals surface area contributed by atoms with Crippen LogP contribution in [0.4, 0.5) is 5.69 Å². The summed E-state index contributed by atoms with van der Waals surface area (Å²) in [5, 5.41) is 13.3. The molecular formula is C25H20Cl2N2O. The lowest BCUT2D eigenvalue weighted by Crippen LogP contribution is -2.13. The first kappa shape index (κ1) is 21.6. The lowest BCUT2D eigenvalue weighted by Gasteiger charge is -2.10. The highest BCUT2D eigenvalue weighted by Gasteiger charge is 2.12. The number of halogens is 2. The fraction of sp³-hybridized carbons (Fsp3) is 0.120. The molecule has 3 rings (SSSR count). The number of amides is 1. The normalized spacial score (nSPS) is 11.1. The number of carbonyl (C=O) groups is 1. The van der Waals surface area contributed by atoms with E-state index in [9.17, 15) is 10.1 Å². The van der Waals surface area contributed by atoms with E-state index in [4.69, 9.17) is 23.2 Å². The topological polar surface area (TPSA) is 52.9 Å². The van der Waals surface area contributed by atoms with Crippen molar-refractivity contribution in [3.8, 4) is 6.07 Å². The minimum atomic E-state index is -0.503. The van der Waals surface area contributed by atoms with Crippen molar-refractivity contribution in [1.29, 1.82) is 5.26 Å². The lowest BCUT2D eigenvalue weighted by atomic mass is 9.96. The van der Waals surface area contributed by atoms with Gasteiger partial charge in [-0.1, -0.05) is 64.7 Å². The van der Waals surface area contributed by atoms with Gasteiger partial charge in [0.05, 0.1) is 0 Å². The Morgan fingerprint density at radius 2 is 1.70 bits per heavy atom. The summed E-state index contributed by atoms with van der Waals surface area (Å²) < 4.78 is 0. The Hall–Kier alpha value is -3.06. The van der Waals surface area contributed by atoms with Gasteiger partial charge in [0.2, 0.25) is 0 Å². The Kier molecular flexibility index (Phi) is 6.95. The van der Waals surface area contributed by atoms with Crippen LogP contribution in [0, 0.1) is 25.2 Å². The van der Waals surface area contributed by atoms with Gasteiger partial charge in [0.25, 0.3) is 5.91 Å². The minimum absolute atomic E-state index is 0.0149. The molecule has 0 spiro atoms. The number of rotatable bonds is 5. The van der Waals surface area contributed by atoms with Crippen LogP contribution < -0.4 is 5.32 Å². The van der Waals surface area contributed by atoms with E-state index in [0.717, 1.165) is 16.7 Å². The molecule has 150 valence electrons. The van der Waals surface area contributed by atoms with Crippen LogP contribution in [0.1, 0.15) is 27.8 Å². The number of hydrogen-bond acceptors (Lipinski definition) is 2. The highest BCUT2D eigenvalue weighted by molar-refractivity contribution is 6.31. The van der Waals surface area contributed by atoms with Gasteiger partial charge in [-0.25, -0.2) is 0 Å². The second-order valence-electron chi connectivity index (χ2n) is 7.15. The predicted molar refractivity (Wildman–Crippen MR) is 124 cm³/mol. The molecule has 3 aromatic carbocycles. The highest BCUT2D eigenvalue weighted by atomic mass is 35.5. The standard InChI is InChI=1S/C25H20Cl2N2O/c1-16-8-17(2)10-18(9-16)11-19-6-7-23(27)13-20(19)12-21(15-28)25(30)29-24-5-3-4-22(26)14-24/h3-10,12-14H,11H2,1-2H3,(H,29,30)/b21-12+. The molecule has 1 N–H and O–H groups in total. The average molecular weight is 435 g/mol. The molecule has 0 aliphatic heterocycles. The van der Waals surface area contributed by atoms with E-state index in [-0.39, 0.29) is 5.57 Å². The summed E-state index contributed by atoms with van der Waals surface area (Å²) >= 11 is 12.2. The molecule has 0 heterocycles. The summed E-state index contributed by atoms with van der Waals surface area (Å²) in [4.78, 5) is 12.6. The third-order valence-corrected chi connectivity index (χ3v) is 5.00. The fourth-order valence-corrected chi connectivity index (χ4v) is 3.69. The van der Waals surface area contributed by atoms with E-state index in [1.165, 1.54) is 11.1 Å². The first-order valence-corrected chi connectivity index (χ1v) is 10.1. The summed E-state index contributed by atoms with van der Waals surface area (Å²) in [5.41, 5.74) is 5.76. The van der Waals surface area contributed by atoms with Crippen LogP contribution in [-0.2, 0) is 11.2 Å². The fourth-order valence-electron chi connectivity index (χ4n) is 3.32. The summed E-state index contributed by atoms with van der Waals surface area (Å²) in [6, 6.07) is 20.7. The molecule has 0 aliphatic rings. The van der Waals surface area contributed by atoms with Crippen molar-refractivity contribution in [3.63, 3.8) is 0 Å².